The van der Waals surface area contributed by atoms with Crippen molar-refractivity contribution in [2.24, 2.45) is 0 Å². The van der Waals surface area contributed by atoms with Crippen LogP contribution in [-0.4, -0.2) is 27.0 Å². The van der Waals surface area contributed by atoms with Crippen LogP contribution in [0.5, 0.6) is 0 Å². The van der Waals surface area contributed by atoms with E-state index in [2.05, 4.69) is 15.3 Å². The van der Waals surface area contributed by atoms with Gasteiger partial charge in [-0.2, -0.15) is 0 Å². The molecule has 2 aromatic carbocycles. The quantitative estimate of drug-likeness (QED) is 0.413. The standard InChI is InChI=1S/C22H19FN4OS2/c1-14-26-19(13-30-14)16-4-2-15(3-5-16)10-11-24-21(28)20-12-25-22(29)27(20)18-8-6-17(23)7-9-18/h2-9,12-13H,10-11H2,1H3,(H,24,28)(H,25,29). The number of aromatic nitrogens is 3. The summed E-state index contributed by atoms with van der Waals surface area (Å²) in [4.78, 5) is 20.0. The van der Waals surface area contributed by atoms with Crippen LogP contribution in [0.1, 0.15) is 21.1 Å². The summed E-state index contributed by atoms with van der Waals surface area (Å²) in [6, 6.07) is 14.0. The molecule has 0 saturated carbocycles. The van der Waals surface area contributed by atoms with E-state index >= 15 is 0 Å². The highest BCUT2D eigenvalue weighted by Gasteiger charge is 2.14. The van der Waals surface area contributed by atoms with Gasteiger partial charge in [-0.25, -0.2) is 9.37 Å². The lowest BCUT2D eigenvalue weighted by Crippen LogP contribution is -2.27. The SMILES string of the molecule is Cc1nc(-c2ccc(CCNC(=O)c3c[nH]c(=S)n3-c3ccc(F)cc3)cc2)cs1. The summed E-state index contributed by atoms with van der Waals surface area (Å²) >= 11 is 6.91. The second-order valence-corrected chi connectivity index (χ2v) is 8.19. The fourth-order valence-corrected chi connectivity index (χ4v) is 4.02. The second-order valence-electron chi connectivity index (χ2n) is 6.75. The molecule has 0 unspecified atom stereocenters. The van der Waals surface area contributed by atoms with Gasteiger partial charge in [-0.05, 0) is 55.4 Å². The van der Waals surface area contributed by atoms with Gasteiger partial charge in [0.05, 0.1) is 10.7 Å². The van der Waals surface area contributed by atoms with Crippen molar-refractivity contribution in [3.8, 4) is 16.9 Å². The maximum Gasteiger partial charge on any atom is 0.269 e. The highest BCUT2D eigenvalue weighted by Crippen LogP contribution is 2.22. The summed E-state index contributed by atoms with van der Waals surface area (Å²) in [5, 5.41) is 6.01. The summed E-state index contributed by atoms with van der Waals surface area (Å²) in [5.74, 6) is -0.594. The summed E-state index contributed by atoms with van der Waals surface area (Å²) in [5.41, 5.74) is 4.18. The molecule has 4 rings (SSSR count). The number of nitrogens with one attached hydrogen (secondary N) is 2. The minimum atomic E-state index is -0.345. The van der Waals surface area contributed by atoms with E-state index in [1.54, 1.807) is 34.2 Å². The molecule has 4 aromatic rings. The number of benzene rings is 2. The van der Waals surface area contributed by atoms with Crippen LogP contribution in [0, 0.1) is 17.5 Å². The molecule has 5 nitrogen and oxygen atoms in total. The minimum Gasteiger partial charge on any atom is -0.350 e. The van der Waals surface area contributed by atoms with Gasteiger partial charge in [-0.15, -0.1) is 11.3 Å². The van der Waals surface area contributed by atoms with Crippen molar-refractivity contribution >= 4 is 29.5 Å². The molecule has 0 aliphatic heterocycles. The first-order chi connectivity index (χ1) is 14.5. The van der Waals surface area contributed by atoms with Crippen LogP contribution in [0.2, 0.25) is 0 Å². The predicted molar refractivity (Wildman–Crippen MR) is 119 cm³/mol. The molecule has 0 aliphatic rings. The third kappa shape index (κ3) is 4.39. The van der Waals surface area contributed by atoms with Gasteiger partial charge in [0.2, 0.25) is 0 Å². The highest BCUT2D eigenvalue weighted by molar-refractivity contribution is 7.71. The van der Waals surface area contributed by atoms with Gasteiger partial charge in [0.1, 0.15) is 11.5 Å². The Labute approximate surface area is 182 Å². The molecule has 2 aromatic heterocycles. The molecular formula is C22H19FN4OS2. The molecule has 0 atom stereocenters. The third-order valence-corrected chi connectivity index (χ3v) is 5.74. The molecule has 2 heterocycles. The Kier molecular flexibility index (Phi) is 5.87. The van der Waals surface area contributed by atoms with Crippen LogP contribution in [-0.2, 0) is 6.42 Å². The van der Waals surface area contributed by atoms with Crippen molar-refractivity contribution < 1.29 is 9.18 Å². The Balaban J connectivity index is 1.40. The number of nitrogens with zero attached hydrogens (tertiary/aromatic N) is 2. The van der Waals surface area contributed by atoms with Crippen LogP contribution < -0.4 is 5.32 Å². The number of amides is 1. The number of carbonyl (C=O) groups is 1. The molecule has 8 heteroatoms. The molecule has 0 bridgehead atoms. The number of carbonyl (C=O) groups excluding carboxylic acids is 1. The van der Waals surface area contributed by atoms with Crippen molar-refractivity contribution in [1.82, 2.24) is 19.9 Å². The average molecular weight is 439 g/mol. The van der Waals surface area contributed by atoms with Crippen LogP contribution in [0.15, 0.2) is 60.1 Å². The van der Waals surface area contributed by atoms with Crippen molar-refractivity contribution in [2.45, 2.75) is 13.3 Å². The van der Waals surface area contributed by atoms with E-state index in [1.165, 1.54) is 12.1 Å². The first kappa shape index (κ1) is 20.2. The average Bonchev–Trinajstić information content (AvgIpc) is 3.35. The first-order valence-electron chi connectivity index (χ1n) is 9.37. The maximum absolute atomic E-state index is 13.2. The third-order valence-electron chi connectivity index (χ3n) is 4.66. The molecule has 0 saturated heterocycles. The number of halogens is 1. The van der Waals surface area contributed by atoms with Gasteiger partial charge in [-0.3, -0.25) is 9.36 Å². The number of thiazole rings is 1. The topological polar surface area (TPSA) is 62.7 Å². The smallest absolute Gasteiger partial charge is 0.269 e. The molecule has 152 valence electrons. The molecule has 0 spiro atoms. The van der Waals surface area contributed by atoms with Gasteiger partial charge in [0.25, 0.3) is 5.91 Å². The summed E-state index contributed by atoms with van der Waals surface area (Å²) in [6.45, 7) is 2.47. The van der Waals surface area contributed by atoms with Crippen LogP contribution in [0.3, 0.4) is 0 Å². The predicted octanol–water partition coefficient (Wildman–Crippen LogP) is 5.08. The zero-order valence-electron chi connectivity index (χ0n) is 16.2. The number of imidazole rings is 1. The van der Waals surface area contributed by atoms with Gasteiger partial charge in [0, 0.05) is 29.4 Å². The number of aryl methyl sites for hydroxylation is 1. The van der Waals surface area contributed by atoms with E-state index in [0.29, 0.717) is 29.1 Å². The second kappa shape index (κ2) is 8.73. The zero-order valence-corrected chi connectivity index (χ0v) is 17.8. The zero-order chi connectivity index (χ0) is 21.1. The maximum atomic E-state index is 13.2. The van der Waals surface area contributed by atoms with E-state index in [1.807, 2.05) is 36.6 Å². The summed E-state index contributed by atoms with van der Waals surface area (Å²) in [7, 11) is 0. The van der Waals surface area contributed by atoms with Gasteiger partial charge in [-0.1, -0.05) is 24.3 Å². The van der Waals surface area contributed by atoms with Crippen molar-refractivity contribution in [2.75, 3.05) is 6.54 Å². The lowest BCUT2D eigenvalue weighted by molar-refractivity contribution is 0.0947. The lowest BCUT2D eigenvalue weighted by Gasteiger charge is -2.09. The highest BCUT2D eigenvalue weighted by atomic mass is 32.1. The monoisotopic (exact) mass is 438 g/mol. The van der Waals surface area contributed by atoms with E-state index in [0.717, 1.165) is 21.8 Å². The van der Waals surface area contributed by atoms with Gasteiger partial charge < -0.3 is 10.3 Å². The first-order valence-corrected chi connectivity index (χ1v) is 10.7. The molecule has 0 fully saturated rings. The van der Waals surface area contributed by atoms with E-state index in [4.69, 9.17) is 12.2 Å². The Morgan fingerprint density at radius 2 is 1.93 bits per heavy atom. The molecule has 0 aliphatic carbocycles. The van der Waals surface area contributed by atoms with Crippen LogP contribution >= 0.6 is 23.6 Å². The Hall–Kier alpha value is -3.10. The van der Waals surface area contributed by atoms with Crippen molar-refractivity contribution in [1.29, 1.82) is 0 Å². The largest absolute Gasteiger partial charge is 0.350 e. The number of hydrogen-bond acceptors (Lipinski definition) is 4. The fourth-order valence-electron chi connectivity index (χ4n) is 3.13. The molecular weight excluding hydrogens is 419 g/mol. The van der Waals surface area contributed by atoms with Gasteiger partial charge in [0.15, 0.2) is 4.77 Å². The lowest BCUT2D eigenvalue weighted by atomic mass is 10.1. The molecule has 0 radical (unpaired) electrons. The van der Waals surface area contributed by atoms with Gasteiger partial charge >= 0.3 is 0 Å². The summed E-state index contributed by atoms with van der Waals surface area (Å²) < 4.78 is 15.2. The molecule has 30 heavy (non-hydrogen) atoms. The number of H-pyrrole nitrogens is 1. The van der Waals surface area contributed by atoms with Crippen molar-refractivity contribution in [3.05, 3.63) is 87.0 Å². The van der Waals surface area contributed by atoms with Crippen LogP contribution in [0.25, 0.3) is 16.9 Å². The Morgan fingerprint density at radius 1 is 1.20 bits per heavy atom. The molecule has 1 amide bonds. The minimum absolute atomic E-state index is 0.249. The molecule has 2 N–H and O–H groups in total. The number of hydrogen-bond donors (Lipinski definition) is 2. The normalized spacial score (nSPS) is 10.9. The Bertz CT molecular complexity index is 1220. The van der Waals surface area contributed by atoms with E-state index < -0.39 is 0 Å². The number of aromatic amines is 1. The van der Waals surface area contributed by atoms with Crippen LogP contribution in [0.4, 0.5) is 4.39 Å². The van der Waals surface area contributed by atoms with E-state index in [-0.39, 0.29) is 11.7 Å². The fraction of sp³-hybridized carbons (Fsp3) is 0.136. The summed E-state index contributed by atoms with van der Waals surface area (Å²) in [6.07, 6.45) is 2.26. The number of rotatable bonds is 6. The Morgan fingerprint density at radius 3 is 2.60 bits per heavy atom. The van der Waals surface area contributed by atoms with E-state index in [9.17, 15) is 9.18 Å². The van der Waals surface area contributed by atoms with Crippen molar-refractivity contribution in [3.63, 3.8) is 0 Å².